The van der Waals surface area contributed by atoms with Gasteiger partial charge in [0, 0.05) is 18.2 Å². The fourth-order valence-electron chi connectivity index (χ4n) is 2.91. The van der Waals surface area contributed by atoms with E-state index in [9.17, 15) is 19.7 Å². The SMILES string of the molecule is Cc1ccc2oc(/C=C\c3coc4ccc([N+](=O)[O-])cc4c3=O)cc(=O)c2c1. The van der Waals surface area contributed by atoms with Crippen LogP contribution in [-0.4, -0.2) is 4.92 Å². The summed E-state index contributed by atoms with van der Waals surface area (Å²) in [6, 6.07) is 10.5. The lowest BCUT2D eigenvalue weighted by atomic mass is 10.1. The first kappa shape index (κ1) is 17.4. The van der Waals surface area contributed by atoms with Gasteiger partial charge in [0.15, 0.2) is 10.9 Å². The van der Waals surface area contributed by atoms with E-state index in [0.29, 0.717) is 11.0 Å². The number of nitro groups is 1. The Hall–Kier alpha value is -4.00. The van der Waals surface area contributed by atoms with Gasteiger partial charge in [0.05, 0.1) is 21.3 Å². The van der Waals surface area contributed by atoms with Gasteiger partial charge in [-0.1, -0.05) is 11.6 Å². The summed E-state index contributed by atoms with van der Waals surface area (Å²) in [6.45, 7) is 1.88. The minimum absolute atomic E-state index is 0.104. The van der Waals surface area contributed by atoms with Crippen LogP contribution in [0.5, 0.6) is 0 Å². The summed E-state index contributed by atoms with van der Waals surface area (Å²) in [5.41, 5.74) is 1.02. The minimum atomic E-state index is -0.577. The zero-order valence-corrected chi connectivity index (χ0v) is 14.7. The third-order valence-electron chi connectivity index (χ3n) is 4.32. The second-order valence-corrected chi connectivity index (χ2v) is 6.30. The molecule has 0 saturated heterocycles. The Morgan fingerprint density at radius 3 is 2.54 bits per heavy atom. The van der Waals surface area contributed by atoms with E-state index in [-0.39, 0.29) is 33.4 Å². The van der Waals surface area contributed by atoms with E-state index in [0.717, 1.165) is 5.56 Å². The van der Waals surface area contributed by atoms with Gasteiger partial charge in [-0.15, -0.1) is 0 Å². The van der Waals surface area contributed by atoms with Crippen LogP contribution in [0.25, 0.3) is 34.1 Å². The van der Waals surface area contributed by atoms with E-state index in [4.69, 9.17) is 8.83 Å². The molecule has 0 atom stereocenters. The second-order valence-electron chi connectivity index (χ2n) is 6.30. The van der Waals surface area contributed by atoms with Crippen LogP contribution < -0.4 is 10.9 Å². The average Bonchev–Trinajstić information content (AvgIpc) is 2.68. The normalized spacial score (nSPS) is 11.5. The summed E-state index contributed by atoms with van der Waals surface area (Å²) in [6.07, 6.45) is 4.19. The highest BCUT2D eigenvalue weighted by Crippen LogP contribution is 2.20. The molecule has 0 amide bonds. The molecule has 0 aliphatic carbocycles. The van der Waals surface area contributed by atoms with E-state index in [2.05, 4.69) is 0 Å². The van der Waals surface area contributed by atoms with Crippen LogP contribution in [0.4, 0.5) is 5.69 Å². The molecule has 7 nitrogen and oxygen atoms in total. The molecule has 2 aromatic heterocycles. The molecule has 0 bridgehead atoms. The molecule has 0 saturated carbocycles. The van der Waals surface area contributed by atoms with Crippen LogP contribution in [0.15, 0.2) is 67.2 Å². The zero-order valence-electron chi connectivity index (χ0n) is 14.7. The van der Waals surface area contributed by atoms with E-state index in [1.165, 1.54) is 42.7 Å². The number of aryl methyl sites for hydroxylation is 1. The Labute approximate surface area is 157 Å². The van der Waals surface area contributed by atoms with Gasteiger partial charge in [-0.25, -0.2) is 0 Å². The van der Waals surface area contributed by atoms with Gasteiger partial charge in [-0.05, 0) is 37.3 Å². The molecule has 4 rings (SSSR count). The summed E-state index contributed by atoms with van der Waals surface area (Å²) < 4.78 is 11.1. The van der Waals surface area contributed by atoms with Crippen LogP contribution in [0, 0.1) is 17.0 Å². The van der Waals surface area contributed by atoms with Gasteiger partial charge in [0.25, 0.3) is 5.69 Å². The van der Waals surface area contributed by atoms with E-state index >= 15 is 0 Å². The van der Waals surface area contributed by atoms with Crippen molar-refractivity contribution in [2.24, 2.45) is 0 Å². The Morgan fingerprint density at radius 2 is 1.75 bits per heavy atom. The number of rotatable bonds is 3. The number of nitrogens with zero attached hydrogens (tertiary/aromatic N) is 1. The number of non-ortho nitro benzene ring substituents is 1. The Morgan fingerprint density at radius 1 is 0.964 bits per heavy atom. The Bertz CT molecular complexity index is 1390. The van der Waals surface area contributed by atoms with Crippen LogP contribution >= 0.6 is 0 Å². The van der Waals surface area contributed by atoms with Crippen molar-refractivity contribution in [3.05, 3.63) is 96.2 Å². The fourth-order valence-corrected chi connectivity index (χ4v) is 2.91. The van der Waals surface area contributed by atoms with Gasteiger partial charge in [0.1, 0.15) is 23.2 Å². The van der Waals surface area contributed by atoms with Gasteiger partial charge < -0.3 is 8.83 Å². The number of hydrogen-bond donors (Lipinski definition) is 0. The Kier molecular flexibility index (Phi) is 4.12. The van der Waals surface area contributed by atoms with Gasteiger partial charge in [-0.2, -0.15) is 0 Å². The van der Waals surface area contributed by atoms with Crippen molar-refractivity contribution in [2.75, 3.05) is 0 Å². The third kappa shape index (κ3) is 3.09. The smallest absolute Gasteiger partial charge is 0.270 e. The number of benzene rings is 2. The molecule has 0 radical (unpaired) electrons. The third-order valence-corrected chi connectivity index (χ3v) is 4.32. The van der Waals surface area contributed by atoms with Crippen molar-refractivity contribution in [3.8, 4) is 0 Å². The maximum Gasteiger partial charge on any atom is 0.270 e. The maximum absolute atomic E-state index is 12.6. The van der Waals surface area contributed by atoms with Crippen LogP contribution in [0.3, 0.4) is 0 Å². The lowest BCUT2D eigenvalue weighted by Gasteiger charge is -2.01. The van der Waals surface area contributed by atoms with Crippen molar-refractivity contribution in [1.82, 2.24) is 0 Å². The van der Waals surface area contributed by atoms with E-state index < -0.39 is 10.4 Å². The van der Waals surface area contributed by atoms with Crippen molar-refractivity contribution >= 4 is 39.8 Å². The molecule has 0 spiro atoms. The van der Waals surface area contributed by atoms with Crippen LogP contribution in [0.2, 0.25) is 0 Å². The first-order valence-electron chi connectivity index (χ1n) is 8.35. The zero-order chi connectivity index (χ0) is 19.8. The van der Waals surface area contributed by atoms with Crippen molar-refractivity contribution in [1.29, 1.82) is 0 Å². The standard InChI is InChI=1S/C21H13NO6/c1-12-2-6-20-16(8-12)18(23)10-15(28-20)5-3-13-11-27-19-7-4-14(22(25)26)9-17(19)21(13)24/h2-11H,1H3/b5-3-. The molecule has 0 aliphatic heterocycles. The molecular formula is C21H13NO6. The first-order chi connectivity index (χ1) is 13.4. The number of nitro benzene ring substituents is 1. The summed E-state index contributed by atoms with van der Waals surface area (Å²) in [4.78, 5) is 35.2. The predicted molar refractivity (Wildman–Crippen MR) is 105 cm³/mol. The fraction of sp³-hybridized carbons (Fsp3) is 0.0476. The monoisotopic (exact) mass is 375 g/mol. The molecule has 2 heterocycles. The molecule has 0 unspecified atom stereocenters. The minimum Gasteiger partial charge on any atom is -0.463 e. The topological polar surface area (TPSA) is 104 Å². The quantitative estimate of drug-likeness (QED) is 0.391. The molecule has 2 aromatic carbocycles. The number of hydrogen-bond acceptors (Lipinski definition) is 6. The maximum atomic E-state index is 12.6. The van der Waals surface area contributed by atoms with Crippen molar-refractivity contribution in [2.45, 2.75) is 6.92 Å². The molecule has 0 aliphatic rings. The van der Waals surface area contributed by atoms with E-state index in [1.807, 2.05) is 13.0 Å². The predicted octanol–water partition coefficient (Wildman–Crippen LogP) is 4.29. The van der Waals surface area contributed by atoms with Crippen molar-refractivity contribution in [3.63, 3.8) is 0 Å². The molecule has 7 heteroatoms. The lowest BCUT2D eigenvalue weighted by Crippen LogP contribution is -2.05. The summed E-state index contributed by atoms with van der Waals surface area (Å²) in [5.74, 6) is 0.278. The lowest BCUT2D eigenvalue weighted by molar-refractivity contribution is -0.384. The second kappa shape index (κ2) is 6.62. The van der Waals surface area contributed by atoms with Crippen LogP contribution in [-0.2, 0) is 0 Å². The highest BCUT2D eigenvalue weighted by molar-refractivity contribution is 5.83. The van der Waals surface area contributed by atoms with Gasteiger partial charge >= 0.3 is 0 Å². The summed E-state index contributed by atoms with van der Waals surface area (Å²) >= 11 is 0. The average molecular weight is 375 g/mol. The van der Waals surface area contributed by atoms with Gasteiger partial charge in [0.2, 0.25) is 0 Å². The highest BCUT2D eigenvalue weighted by atomic mass is 16.6. The van der Waals surface area contributed by atoms with Gasteiger partial charge in [-0.3, -0.25) is 19.7 Å². The summed E-state index contributed by atoms with van der Waals surface area (Å²) in [7, 11) is 0. The largest absolute Gasteiger partial charge is 0.463 e. The summed E-state index contributed by atoms with van der Waals surface area (Å²) in [5, 5.41) is 11.5. The molecule has 0 fully saturated rings. The van der Waals surface area contributed by atoms with Crippen LogP contribution in [0.1, 0.15) is 16.9 Å². The van der Waals surface area contributed by atoms with Crippen molar-refractivity contribution < 1.29 is 13.8 Å². The number of fused-ring (bicyclic) bond motifs is 2. The first-order valence-corrected chi connectivity index (χ1v) is 8.35. The molecule has 28 heavy (non-hydrogen) atoms. The molecule has 0 N–H and O–H groups in total. The highest BCUT2D eigenvalue weighted by Gasteiger charge is 2.11. The molecular weight excluding hydrogens is 362 g/mol. The van der Waals surface area contributed by atoms with E-state index in [1.54, 1.807) is 12.1 Å². The molecule has 4 aromatic rings. The molecule has 138 valence electrons. The Balaban J connectivity index is 1.78.